The van der Waals surface area contributed by atoms with E-state index in [-0.39, 0.29) is 53.5 Å². The summed E-state index contributed by atoms with van der Waals surface area (Å²) in [6.07, 6.45) is 3.34. The molecule has 2 atom stereocenters. The van der Waals surface area contributed by atoms with Crippen molar-refractivity contribution in [2.75, 3.05) is 24.2 Å². The Bertz CT molecular complexity index is 2040. The van der Waals surface area contributed by atoms with Crippen LogP contribution in [0.25, 0.3) is 28.0 Å². The molecule has 1 aliphatic heterocycles. The fourth-order valence-electron chi connectivity index (χ4n) is 5.44. The number of halogens is 2. The van der Waals surface area contributed by atoms with Crippen LogP contribution in [0.15, 0.2) is 65.1 Å². The average Bonchev–Trinajstić information content (AvgIpc) is 2.97. The Morgan fingerprint density at radius 2 is 1.91 bits per heavy atom. The average molecular weight is 620 g/mol. The molecule has 1 aliphatic rings. The van der Waals surface area contributed by atoms with E-state index in [2.05, 4.69) is 27.6 Å². The van der Waals surface area contributed by atoms with Crippen molar-refractivity contribution in [3.05, 3.63) is 82.9 Å². The van der Waals surface area contributed by atoms with E-state index in [0.717, 1.165) is 29.0 Å². The van der Waals surface area contributed by atoms with Gasteiger partial charge < -0.3 is 9.80 Å². The highest BCUT2D eigenvalue weighted by molar-refractivity contribution is 7.90. The summed E-state index contributed by atoms with van der Waals surface area (Å²) in [6.45, 7) is 7.09. The number of aryl methyl sites for hydroxylation is 1. The first-order valence-electron chi connectivity index (χ1n) is 13.5. The van der Waals surface area contributed by atoms with E-state index < -0.39 is 50.0 Å². The predicted molar refractivity (Wildman–Crippen MR) is 159 cm³/mol. The lowest BCUT2D eigenvalue weighted by atomic mass is 10.0. The number of rotatable bonds is 6. The van der Waals surface area contributed by atoms with Gasteiger partial charge in [-0.2, -0.15) is 10.2 Å². The van der Waals surface area contributed by atoms with Crippen LogP contribution in [0, 0.1) is 29.9 Å². The molecule has 14 heteroatoms. The van der Waals surface area contributed by atoms with E-state index in [1.54, 1.807) is 18.7 Å². The maximum Gasteiger partial charge on any atom is 0.355 e. The van der Waals surface area contributed by atoms with Gasteiger partial charge in [-0.05, 0) is 49.8 Å². The molecule has 1 saturated heterocycles. The van der Waals surface area contributed by atoms with Crippen molar-refractivity contribution >= 4 is 32.6 Å². The summed E-state index contributed by atoms with van der Waals surface area (Å²) in [4.78, 5) is 42.4. The van der Waals surface area contributed by atoms with Crippen LogP contribution >= 0.6 is 0 Å². The minimum absolute atomic E-state index is 0.0105. The van der Waals surface area contributed by atoms with Crippen LogP contribution in [0.3, 0.4) is 0 Å². The number of fused-ring (bicyclic) bond motifs is 1. The number of nitrogens with zero attached hydrogens (tertiary/aromatic N) is 7. The van der Waals surface area contributed by atoms with Crippen molar-refractivity contribution in [2.45, 2.75) is 37.4 Å². The Balaban J connectivity index is 1.85. The van der Waals surface area contributed by atoms with Gasteiger partial charge in [-0.1, -0.05) is 18.7 Å². The van der Waals surface area contributed by atoms with Crippen LogP contribution in [0.1, 0.15) is 18.9 Å². The molecular formula is C30H27F2N7O4S. The van der Waals surface area contributed by atoms with Gasteiger partial charge in [-0.3, -0.25) is 4.79 Å². The molecule has 0 spiro atoms. The van der Waals surface area contributed by atoms with Crippen molar-refractivity contribution < 1.29 is 22.0 Å². The Morgan fingerprint density at radius 3 is 2.57 bits per heavy atom. The Hall–Kier alpha value is -5.03. The van der Waals surface area contributed by atoms with Crippen molar-refractivity contribution in [3.8, 4) is 23.0 Å². The highest BCUT2D eigenvalue weighted by Crippen LogP contribution is 2.34. The Morgan fingerprint density at radius 1 is 1.18 bits per heavy atom. The minimum atomic E-state index is -3.98. The predicted octanol–water partition coefficient (Wildman–Crippen LogP) is 3.34. The molecule has 44 heavy (non-hydrogen) atoms. The molecule has 1 amide bonds. The van der Waals surface area contributed by atoms with Gasteiger partial charge in [0.1, 0.15) is 23.1 Å². The monoisotopic (exact) mass is 619 g/mol. The van der Waals surface area contributed by atoms with Gasteiger partial charge in [0.25, 0.3) is 0 Å². The number of nitriles is 1. The zero-order chi connectivity index (χ0) is 31.9. The van der Waals surface area contributed by atoms with E-state index in [1.165, 1.54) is 35.4 Å². The second-order valence-electron chi connectivity index (χ2n) is 10.5. The first-order chi connectivity index (χ1) is 20.9. The minimum Gasteiger partial charge on any atom is -0.349 e. The highest BCUT2D eigenvalue weighted by atomic mass is 32.2. The third-order valence-corrected chi connectivity index (χ3v) is 8.50. The van der Waals surface area contributed by atoms with E-state index in [4.69, 9.17) is 0 Å². The van der Waals surface area contributed by atoms with Gasteiger partial charge in [-0.15, -0.1) is 0 Å². The van der Waals surface area contributed by atoms with Crippen LogP contribution in [0.4, 0.5) is 14.6 Å². The molecule has 226 valence electrons. The number of piperazine rings is 1. The lowest BCUT2D eigenvalue weighted by molar-refractivity contribution is -0.129. The Kier molecular flexibility index (Phi) is 8.00. The third-order valence-electron chi connectivity index (χ3n) is 7.50. The number of benzene rings is 1. The molecule has 4 aromatic rings. The van der Waals surface area contributed by atoms with Crippen LogP contribution in [0.5, 0.6) is 0 Å². The number of anilines is 1. The third kappa shape index (κ3) is 5.30. The second-order valence-corrected chi connectivity index (χ2v) is 12.4. The zero-order valence-corrected chi connectivity index (χ0v) is 24.8. The fraction of sp³-hybridized carbons (Fsp3) is 0.267. The summed E-state index contributed by atoms with van der Waals surface area (Å²) in [7, 11) is -3.98. The first kappa shape index (κ1) is 30.4. The molecule has 1 aromatic carbocycles. The van der Waals surface area contributed by atoms with E-state index in [9.17, 15) is 27.7 Å². The van der Waals surface area contributed by atoms with Crippen molar-refractivity contribution in [1.82, 2.24) is 24.4 Å². The van der Waals surface area contributed by atoms with Crippen LogP contribution in [-0.4, -0.2) is 70.2 Å². The molecule has 11 nitrogen and oxygen atoms in total. The van der Waals surface area contributed by atoms with Gasteiger partial charge in [-0.25, -0.2) is 36.5 Å². The van der Waals surface area contributed by atoms with Crippen LogP contribution in [-0.2, 0) is 14.6 Å². The quantitative estimate of drug-likeness (QED) is 0.297. The number of hydrogen-bond acceptors (Lipinski definition) is 9. The highest BCUT2D eigenvalue weighted by Gasteiger charge is 2.36. The van der Waals surface area contributed by atoms with E-state index >= 15 is 4.39 Å². The van der Waals surface area contributed by atoms with Crippen molar-refractivity contribution in [1.29, 1.82) is 5.26 Å². The molecule has 3 aromatic heterocycles. The zero-order valence-electron chi connectivity index (χ0n) is 24.0. The van der Waals surface area contributed by atoms with E-state index in [0.29, 0.717) is 5.56 Å². The standard InChI is InChI=1S/C30H27F2N7O4S/c1-5-24(40)38-15-18(3)37(16-19(38)10-12-33)27-21-14-23(32)25(20-8-6-7-9-22(20)31)35-28(21)39(30(41)36-27)26-17(2)11-13-34-29(26)44(4,42)43/h5-9,11,13-14,18-19H,1,10,15-16H2,2-4H3/t18-,19-/m0/s1. The number of carbonyl (C=O) groups is 1. The van der Waals surface area contributed by atoms with Gasteiger partial charge in [0.15, 0.2) is 20.5 Å². The molecule has 0 bridgehead atoms. The molecule has 5 rings (SSSR count). The SMILES string of the molecule is C=CC(=O)N1C[C@H](C)N(c2nc(=O)n(-c3c(C)ccnc3S(C)(=O)=O)c3nc(-c4ccccc4F)c(F)cc23)C[C@@H]1CC#N. The number of amides is 1. The van der Waals surface area contributed by atoms with E-state index in [1.807, 2.05) is 0 Å². The smallest absolute Gasteiger partial charge is 0.349 e. The second kappa shape index (κ2) is 11.6. The maximum atomic E-state index is 15.8. The molecular weight excluding hydrogens is 592 g/mol. The number of aromatic nitrogens is 4. The molecule has 0 N–H and O–H groups in total. The van der Waals surface area contributed by atoms with Crippen LogP contribution < -0.4 is 10.6 Å². The molecule has 1 fully saturated rings. The van der Waals surface area contributed by atoms with Gasteiger partial charge in [0, 0.05) is 37.1 Å². The summed E-state index contributed by atoms with van der Waals surface area (Å²) < 4.78 is 57.2. The molecule has 0 saturated carbocycles. The molecule has 0 aliphatic carbocycles. The summed E-state index contributed by atoms with van der Waals surface area (Å²) in [5, 5.41) is 9.06. The fourth-order valence-corrected chi connectivity index (χ4v) is 6.29. The van der Waals surface area contributed by atoms with Crippen molar-refractivity contribution in [2.24, 2.45) is 0 Å². The number of carbonyl (C=O) groups excluding carboxylic acids is 1. The summed E-state index contributed by atoms with van der Waals surface area (Å²) in [5.74, 6) is -2.03. The summed E-state index contributed by atoms with van der Waals surface area (Å²) >= 11 is 0. The Labute approximate surface area is 251 Å². The summed E-state index contributed by atoms with van der Waals surface area (Å²) in [6, 6.07) is 8.99. The lowest BCUT2D eigenvalue weighted by Crippen LogP contribution is -2.59. The molecule has 0 radical (unpaired) electrons. The maximum absolute atomic E-state index is 15.8. The van der Waals surface area contributed by atoms with Crippen molar-refractivity contribution in [3.63, 3.8) is 0 Å². The normalized spacial score (nSPS) is 17.0. The van der Waals surface area contributed by atoms with Gasteiger partial charge >= 0.3 is 5.69 Å². The van der Waals surface area contributed by atoms with Gasteiger partial charge in [0.2, 0.25) is 5.91 Å². The number of hydrogen-bond donors (Lipinski definition) is 0. The largest absolute Gasteiger partial charge is 0.355 e. The molecule has 4 heterocycles. The topological polar surface area (TPSA) is 142 Å². The van der Waals surface area contributed by atoms with Crippen LogP contribution in [0.2, 0.25) is 0 Å². The first-order valence-corrected chi connectivity index (χ1v) is 15.4. The number of pyridine rings is 2. The molecule has 0 unspecified atom stereocenters. The number of sulfone groups is 1. The lowest BCUT2D eigenvalue weighted by Gasteiger charge is -2.45. The summed E-state index contributed by atoms with van der Waals surface area (Å²) in [5.41, 5.74) is -1.49. The van der Waals surface area contributed by atoms with Gasteiger partial charge in [0.05, 0.1) is 29.6 Å².